The fourth-order valence-corrected chi connectivity index (χ4v) is 3.50. The zero-order valence-electron chi connectivity index (χ0n) is 10.8. The highest BCUT2D eigenvalue weighted by atomic mass is 32.2. The number of carboxylic acids is 1. The van der Waals surface area contributed by atoms with Crippen molar-refractivity contribution in [2.45, 2.75) is 31.3 Å². The smallest absolute Gasteiger partial charge is 0.318 e. The van der Waals surface area contributed by atoms with Crippen LogP contribution in [-0.2, 0) is 9.53 Å². The van der Waals surface area contributed by atoms with Gasteiger partial charge in [-0.2, -0.15) is 11.8 Å². The first-order chi connectivity index (χ1) is 9.16. The topological polar surface area (TPSA) is 78.9 Å². The van der Waals surface area contributed by atoms with Crippen molar-refractivity contribution in [2.24, 2.45) is 0 Å². The lowest BCUT2D eigenvalue weighted by Gasteiger charge is -2.36. The highest BCUT2D eigenvalue weighted by molar-refractivity contribution is 7.99. The van der Waals surface area contributed by atoms with Crippen LogP contribution in [0.15, 0.2) is 0 Å². The second-order valence-electron chi connectivity index (χ2n) is 4.86. The van der Waals surface area contributed by atoms with E-state index in [9.17, 15) is 9.59 Å². The molecule has 19 heavy (non-hydrogen) atoms. The van der Waals surface area contributed by atoms with Crippen molar-refractivity contribution in [1.82, 2.24) is 10.2 Å². The molecule has 1 atom stereocenters. The van der Waals surface area contributed by atoms with Gasteiger partial charge in [-0.3, -0.25) is 4.79 Å². The van der Waals surface area contributed by atoms with Gasteiger partial charge in [0.1, 0.15) is 0 Å². The Bertz CT molecular complexity index is 334. The summed E-state index contributed by atoms with van der Waals surface area (Å²) >= 11 is 1.91. The van der Waals surface area contributed by atoms with Gasteiger partial charge in [-0.25, -0.2) is 4.79 Å². The molecule has 0 radical (unpaired) electrons. The van der Waals surface area contributed by atoms with Crippen LogP contribution in [-0.4, -0.2) is 65.4 Å². The maximum absolute atomic E-state index is 12.2. The maximum Gasteiger partial charge on any atom is 0.318 e. The summed E-state index contributed by atoms with van der Waals surface area (Å²) in [6.45, 7) is 1.25. The van der Waals surface area contributed by atoms with Gasteiger partial charge in [0, 0.05) is 12.6 Å². The summed E-state index contributed by atoms with van der Waals surface area (Å²) in [6, 6.07) is -0.280. The molecule has 0 aromatic heterocycles. The number of carbonyl (C=O) groups is 2. The minimum absolute atomic E-state index is 0.0616. The number of hydrogen-bond donors (Lipinski definition) is 2. The lowest BCUT2D eigenvalue weighted by atomic mass is 10.1. The summed E-state index contributed by atoms with van der Waals surface area (Å²) in [7, 11) is 0. The Balaban J connectivity index is 1.88. The van der Waals surface area contributed by atoms with E-state index in [1.807, 2.05) is 11.8 Å². The summed E-state index contributed by atoms with van der Waals surface area (Å²) in [6.07, 6.45) is 1.92. The molecule has 0 aliphatic carbocycles. The number of ether oxygens (including phenoxy) is 1. The van der Waals surface area contributed by atoms with E-state index in [4.69, 9.17) is 9.84 Å². The summed E-state index contributed by atoms with van der Waals surface area (Å²) in [5.41, 5.74) is 0. The number of morpholine rings is 1. The van der Waals surface area contributed by atoms with Crippen LogP contribution in [0, 0.1) is 0 Å². The molecule has 2 N–H and O–H groups in total. The minimum Gasteiger partial charge on any atom is -0.481 e. The van der Waals surface area contributed by atoms with Gasteiger partial charge in [0.05, 0.1) is 25.7 Å². The van der Waals surface area contributed by atoms with Gasteiger partial charge in [-0.1, -0.05) is 0 Å². The molecule has 2 aliphatic heterocycles. The zero-order valence-corrected chi connectivity index (χ0v) is 11.7. The van der Waals surface area contributed by atoms with E-state index in [0.29, 0.717) is 19.8 Å². The third-order valence-corrected chi connectivity index (χ3v) is 4.50. The standard InChI is InChI=1S/C12H20N2O4S/c15-11(16)7-10-8-18-4-3-14(10)12(17)13-9-1-5-19-6-2-9/h9-10H,1-8H2,(H,13,17)(H,15,16). The molecule has 7 heteroatoms. The number of carbonyl (C=O) groups excluding carboxylic acids is 1. The van der Waals surface area contributed by atoms with Crippen LogP contribution in [0.3, 0.4) is 0 Å². The third-order valence-electron chi connectivity index (χ3n) is 3.45. The lowest BCUT2D eigenvalue weighted by Crippen LogP contribution is -2.55. The first kappa shape index (κ1) is 14.5. The minimum atomic E-state index is -0.901. The number of carboxylic acid groups (broad SMARTS) is 1. The van der Waals surface area contributed by atoms with Crippen molar-refractivity contribution in [3.05, 3.63) is 0 Å². The second-order valence-corrected chi connectivity index (χ2v) is 6.08. The summed E-state index contributed by atoms with van der Waals surface area (Å²) in [4.78, 5) is 24.6. The predicted octanol–water partition coefficient (Wildman–Crippen LogP) is 0.767. The quantitative estimate of drug-likeness (QED) is 0.802. The number of thioether (sulfide) groups is 1. The molecule has 2 amide bonds. The van der Waals surface area contributed by atoms with Crippen LogP contribution in [0.1, 0.15) is 19.3 Å². The van der Waals surface area contributed by atoms with Crippen LogP contribution >= 0.6 is 11.8 Å². The Kier molecular flexibility index (Phi) is 5.33. The number of nitrogens with one attached hydrogen (secondary N) is 1. The van der Waals surface area contributed by atoms with Crippen molar-refractivity contribution in [3.8, 4) is 0 Å². The third kappa shape index (κ3) is 4.28. The fourth-order valence-electron chi connectivity index (χ4n) is 2.39. The van der Waals surface area contributed by atoms with Crippen molar-refractivity contribution >= 4 is 23.8 Å². The van der Waals surface area contributed by atoms with E-state index < -0.39 is 5.97 Å². The Morgan fingerprint density at radius 1 is 1.37 bits per heavy atom. The van der Waals surface area contributed by atoms with E-state index in [-0.39, 0.29) is 24.5 Å². The molecule has 0 saturated carbocycles. The van der Waals surface area contributed by atoms with Gasteiger partial charge in [-0.15, -0.1) is 0 Å². The molecular formula is C12H20N2O4S. The molecule has 108 valence electrons. The summed E-state index contributed by atoms with van der Waals surface area (Å²) in [5, 5.41) is 11.9. The highest BCUT2D eigenvalue weighted by Gasteiger charge is 2.30. The molecule has 2 fully saturated rings. The largest absolute Gasteiger partial charge is 0.481 e. The molecular weight excluding hydrogens is 268 g/mol. The molecule has 2 aliphatic rings. The number of hydrogen-bond acceptors (Lipinski definition) is 4. The van der Waals surface area contributed by atoms with Crippen LogP contribution < -0.4 is 5.32 Å². The van der Waals surface area contributed by atoms with Crippen molar-refractivity contribution in [3.63, 3.8) is 0 Å². The number of amides is 2. The van der Waals surface area contributed by atoms with Crippen LogP contribution in [0.5, 0.6) is 0 Å². The Morgan fingerprint density at radius 3 is 2.79 bits per heavy atom. The summed E-state index contributed by atoms with van der Waals surface area (Å²) in [5.74, 6) is 1.25. The number of aliphatic carboxylic acids is 1. The molecule has 6 nitrogen and oxygen atoms in total. The number of nitrogens with zero attached hydrogens (tertiary/aromatic N) is 1. The summed E-state index contributed by atoms with van der Waals surface area (Å²) < 4.78 is 5.27. The van der Waals surface area contributed by atoms with Gasteiger partial charge >= 0.3 is 12.0 Å². The van der Waals surface area contributed by atoms with E-state index >= 15 is 0 Å². The Morgan fingerprint density at radius 2 is 2.11 bits per heavy atom. The van der Waals surface area contributed by atoms with E-state index in [2.05, 4.69) is 5.32 Å². The van der Waals surface area contributed by atoms with Gasteiger partial charge in [0.2, 0.25) is 0 Å². The second kappa shape index (κ2) is 7.00. The zero-order chi connectivity index (χ0) is 13.7. The molecule has 0 aromatic carbocycles. The molecule has 2 rings (SSSR count). The van der Waals surface area contributed by atoms with Crippen molar-refractivity contribution < 1.29 is 19.4 Å². The van der Waals surface area contributed by atoms with Crippen LogP contribution in [0.25, 0.3) is 0 Å². The van der Waals surface area contributed by atoms with E-state index in [1.54, 1.807) is 4.90 Å². The first-order valence-electron chi connectivity index (χ1n) is 6.61. The van der Waals surface area contributed by atoms with Crippen LogP contribution in [0.2, 0.25) is 0 Å². The average molecular weight is 288 g/mol. The van der Waals surface area contributed by atoms with Gasteiger partial charge in [0.25, 0.3) is 0 Å². The molecule has 2 heterocycles. The molecule has 2 saturated heterocycles. The van der Waals surface area contributed by atoms with Crippen molar-refractivity contribution in [1.29, 1.82) is 0 Å². The number of urea groups is 1. The SMILES string of the molecule is O=C(O)CC1COCCN1C(=O)NC1CCSCC1. The lowest BCUT2D eigenvalue weighted by molar-refractivity contribution is -0.139. The Hall–Kier alpha value is -0.950. The monoisotopic (exact) mass is 288 g/mol. The van der Waals surface area contributed by atoms with E-state index in [1.165, 1.54) is 0 Å². The van der Waals surface area contributed by atoms with Crippen molar-refractivity contribution in [2.75, 3.05) is 31.3 Å². The molecule has 0 bridgehead atoms. The predicted molar refractivity (Wildman–Crippen MR) is 72.4 cm³/mol. The first-order valence-corrected chi connectivity index (χ1v) is 7.76. The van der Waals surface area contributed by atoms with Gasteiger partial charge in [0.15, 0.2) is 0 Å². The van der Waals surface area contributed by atoms with E-state index in [0.717, 1.165) is 24.3 Å². The highest BCUT2D eigenvalue weighted by Crippen LogP contribution is 2.18. The normalized spacial score (nSPS) is 25.1. The van der Waals surface area contributed by atoms with Crippen LogP contribution in [0.4, 0.5) is 4.79 Å². The Labute approximate surface area is 116 Å². The van der Waals surface area contributed by atoms with Gasteiger partial charge in [-0.05, 0) is 24.3 Å². The maximum atomic E-state index is 12.2. The molecule has 0 aromatic rings. The fraction of sp³-hybridized carbons (Fsp3) is 0.833. The molecule has 0 spiro atoms. The average Bonchev–Trinajstić information content (AvgIpc) is 2.39. The number of rotatable bonds is 3. The van der Waals surface area contributed by atoms with Gasteiger partial charge < -0.3 is 20.1 Å². The molecule has 1 unspecified atom stereocenters.